The molecule has 1 aliphatic rings. The van der Waals surface area contributed by atoms with Gasteiger partial charge >= 0.3 is 0 Å². The number of hydrogen-bond donors (Lipinski definition) is 2. The van der Waals surface area contributed by atoms with Gasteiger partial charge in [0.25, 0.3) is 5.91 Å². The number of hydrogen-bond acceptors (Lipinski definition) is 2. The van der Waals surface area contributed by atoms with Crippen molar-refractivity contribution in [3.05, 3.63) is 53.9 Å². The Morgan fingerprint density at radius 3 is 2.88 bits per heavy atom. The second kappa shape index (κ2) is 6.90. The van der Waals surface area contributed by atoms with Crippen LogP contribution in [0.1, 0.15) is 37.1 Å². The lowest BCUT2D eigenvalue weighted by Gasteiger charge is -2.27. The van der Waals surface area contributed by atoms with Crippen molar-refractivity contribution < 1.29 is 9.69 Å². The van der Waals surface area contributed by atoms with Crippen LogP contribution in [0.2, 0.25) is 0 Å². The Morgan fingerprint density at radius 1 is 1.38 bits per heavy atom. The Morgan fingerprint density at radius 2 is 2.17 bits per heavy atom. The van der Waals surface area contributed by atoms with Gasteiger partial charge in [-0.1, -0.05) is 12.1 Å². The molecule has 1 amide bonds. The molecular weight excluding hydrogens is 300 g/mol. The Labute approximate surface area is 142 Å². The van der Waals surface area contributed by atoms with Gasteiger partial charge in [0, 0.05) is 26.1 Å². The summed E-state index contributed by atoms with van der Waals surface area (Å²) in [7, 11) is 2.05. The van der Waals surface area contributed by atoms with Crippen molar-refractivity contribution >= 4 is 11.6 Å². The van der Waals surface area contributed by atoms with E-state index in [9.17, 15) is 4.79 Å². The van der Waals surface area contributed by atoms with Crippen molar-refractivity contribution in [1.82, 2.24) is 4.57 Å². The van der Waals surface area contributed by atoms with E-state index in [1.165, 1.54) is 10.6 Å². The van der Waals surface area contributed by atoms with Crippen LogP contribution >= 0.6 is 0 Å². The molecule has 0 saturated carbocycles. The molecule has 5 heteroatoms. The Balaban J connectivity index is 1.76. The summed E-state index contributed by atoms with van der Waals surface area (Å²) in [5.74, 6) is -0.0335. The predicted molar refractivity (Wildman–Crippen MR) is 92.5 cm³/mol. The van der Waals surface area contributed by atoms with Gasteiger partial charge in [-0.2, -0.15) is 5.26 Å². The van der Waals surface area contributed by atoms with Crippen molar-refractivity contribution in [2.45, 2.75) is 31.8 Å². The van der Waals surface area contributed by atoms with E-state index in [0.29, 0.717) is 17.3 Å². The average molecular weight is 323 g/mol. The van der Waals surface area contributed by atoms with E-state index >= 15 is 0 Å². The molecule has 0 radical (unpaired) electrons. The first-order valence-corrected chi connectivity index (χ1v) is 8.38. The van der Waals surface area contributed by atoms with Gasteiger partial charge in [0.15, 0.2) is 6.04 Å². The van der Waals surface area contributed by atoms with Crippen molar-refractivity contribution in [3.63, 3.8) is 0 Å². The maximum Gasteiger partial charge on any atom is 0.282 e. The number of anilines is 1. The van der Waals surface area contributed by atoms with Gasteiger partial charge in [-0.15, -0.1) is 0 Å². The lowest BCUT2D eigenvalue weighted by molar-refractivity contribution is -0.932. The van der Waals surface area contributed by atoms with Crippen molar-refractivity contribution in [2.75, 3.05) is 11.9 Å². The summed E-state index contributed by atoms with van der Waals surface area (Å²) in [6.07, 6.45) is 4.27. The number of amides is 1. The third kappa shape index (κ3) is 3.06. The SMILES string of the molecule is C[C@@H](C(=O)Nc1ccccc1C#N)[NH+]1CCC[C@@H]1c1cccn1C. The Kier molecular flexibility index (Phi) is 4.68. The highest BCUT2D eigenvalue weighted by atomic mass is 16.2. The number of aryl methyl sites for hydroxylation is 1. The maximum atomic E-state index is 12.7. The number of nitrogens with zero attached hydrogens (tertiary/aromatic N) is 2. The van der Waals surface area contributed by atoms with Gasteiger partial charge in [-0.25, -0.2) is 0 Å². The van der Waals surface area contributed by atoms with Crippen LogP contribution in [0.3, 0.4) is 0 Å². The van der Waals surface area contributed by atoms with Crippen LogP contribution in [0, 0.1) is 11.3 Å². The molecule has 5 nitrogen and oxygen atoms in total. The summed E-state index contributed by atoms with van der Waals surface area (Å²) in [5.41, 5.74) is 2.36. The fourth-order valence-electron chi connectivity index (χ4n) is 3.66. The average Bonchev–Trinajstić information content (AvgIpc) is 3.22. The smallest absolute Gasteiger partial charge is 0.282 e. The van der Waals surface area contributed by atoms with Crippen LogP contribution in [0.4, 0.5) is 5.69 Å². The number of aromatic nitrogens is 1. The fraction of sp³-hybridized carbons (Fsp3) is 0.368. The Bertz CT molecular complexity index is 774. The minimum atomic E-state index is -0.167. The van der Waals surface area contributed by atoms with Crippen LogP contribution in [-0.4, -0.2) is 23.1 Å². The highest BCUT2D eigenvalue weighted by Crippen LogP contribution is 2.20. The molecular formula is C19H23N4O+. The number of quaternary nitrogens is 1. The monoisotopic (exact) mass is 323 g/mol. The number of nitriles is 1. The summed E-state index contributed by atoms with van der Waals surface area (Å²) in [4.78, 5) is 14.0. The van der Waals surface area contributed by atoms with Crippen LogP contribution in [0.5, 0.6) is 0 Å². The molecule has 1 aromatic carbocycles. The second-order valence-electron chi connectivity index (χ2n) is 6.43. The first-order chi connectivity index (χ1) is 11.6. The van der Waals surface area contributed by atoms with E-state index in [2.05, 4.69) is 41.3 Å². The quantitative estimate of drug-likeness (QED) is 0.898. The number of nitrogens with one attached hydrogen (secondary N) is 2. The topological polar surface area (TPSA) is 62.3 Å². The zero-order valence-corrected chi connectivity index (χ0v) is 14.1. The molecule has 1 aliphatic heterocycles. The van der Waals surface area contributed by atoms with Gasteiger partial charge in [0.2, 0.25) is 0 Å². The van der Waals surface area contributed by atoms with Crippen LogP contribution < -0.4 is 10.2 Å². The molecule has 1 saturated heterocycles. The first kappa shape index (κ1) is 16.3. The zero-order valence-electron chi connectivity index (χ0n) is 14.1. The minimum Gasteiger partial charge on any atom is -0.350 e. The van der Waals surface area contributed by atoms with Crippen molar-refractivity contribution in [1.29, 1.82) is 5.26 Å². The summed E-state index contributed by atoms with van der Waals surface area (Å²) in [6, 6.07) is 13.6. The summed E-state index contributed by atoms with van der Waals surface area (Å²) in [5, 5.41) is 12.1. The number of para-hydroxylation sites is 1. The molecule has 1 unspecified atom stereocenters. The third-order valence-corrected chi connectivity index (χ3v) is 5.00. The normalized spacial score (nSPS) is 21.2. The van der Waals surface area contributed by atoms with Crippen molar-refractivity contribution in [3.8, 4) is 6.07 Å². The summed E-state index contributed by atoms with van der Waals surface area (Å²) < 4.78 is 2.14. The number of rotatable bonds is 4. The van der Waals surface area contributed by atoms with Crippen LogP contribution in [0.25, 0.3) is 0 Å². The lowest BCUT2D eigenvalue weighted by atomic mass is 10.1. The summed E-state index contributed by atoms with van der Waals surface area (Å²) in [6.45, 7) is 2.96. The molecule has 124 valence electrons. The maximum absolute atomic E-state index is 12.7. The molecule has 1 aromatic heterocycles. The Hall–Kier alpha value is -2.58. The molecule has 0 bridgehead atoms. The minimum absolute atomic E-state index is 0.0335. The molecule has 0 spiro atoms. The largest absolute Gasteiger partial charge is 0.350 e. The molecule has 2 heterocycles. The summed E-state index contributed by atoms with van der Waals surface area (Å²) >= 11 is 0. The lowest BCUT2D eigenvalue weighted by Crippen LogP contribution is -3.15. The molecule has 1 fully saturated rings. The number of carbonyl (C=O) groups is 1. The number of likely N-dealkylation sites (tertiary alicyclic amines) is 1. The first-order valence-electron chi connectivity index (χ1n) is 8.38. The van der Waals surface area contributed by atoms with Crippen molar-refractivity contribution in [2.24, 2.45) is 7.05 Å². The van der Waals surface area contributed by atoms with Gasteiger partial charge in [-0.05, 0) is 31.2 Å². The van der Waals surface area contributed by atoms with E-state index < -0.39 is 0 Å². The number of carbonyl (C=O) groups excluding carboxylic acids is 1. The van der Waals surface area contributed by atoms with Crippen LogP contribution in [-0.2, 0) is 11.8 Å². The standard InChI is InChI=1S/C19H22N4O/c1-14(19(24)21-16-8-4-3-7-15(16)13-20)23-12-6-10-18(23)17-9-5-11-22(17)2/h3-5,7-9,11,14,18H,6,10,12H2,1-2H3,(H,21,24)/p+1/t14-,18+/m0/s1. The predicted octanol–water partition coefficient (Wildman–Crippen LogP) is 1.64. The number of benzene rings is 1. The van der Waals surface area contributed by atoms with Crippen LogP contribution in [0.15, 0.2) is 42.6 Å². The zero-order chi connectivity index (χ0) is 17.1. The molecule has 3 rings (SSSR count). The van der Waals surface area contributed by atoms with E-state index in [1.54, 1.807) is 18.2 Å². The second-order valence-corrected chi connectivity index (χ2v) is 6.43. The van der Waals surface area contributed by atoms with E-state index in [-0.39, 0.29) is 11.9 Å². The van der Waals surface area contributed by atoms with Gasteiger partial charge < -0.3 is 14.8 Å². The van der Waals surface area contributed by atoms with E-state index in [4.69, 9.17) is 5.26 Å². The molecule has 24 heavy (non-hydrogen) atoms. The van der Waals surface area contributed by atoms with Gasteiger partial charge in [0.1, 0.15) is 12.1 Å². The molecule has 3 atom stereocenters. The molecule has 2 N–H and O–H groups in total. The third-order valence-electron chi connectivity index (χ3n) is 5.00. The molecule has 0 aliphatic carbocycles. The highest BCUT2D eigenvalue weighted by molar-refractivity contribution is 5.94. The van der Waals surface area contributed by atoms with E-state index in [0.717, 1.165) is 19.4 Å². The van der Waals surface area contributed by atoms with Gasteiger partial charge in [-0.3, -0.25) is 4.79 Å². The fourth-order valence-corrected chi connectivity index (χ4v) is 3.66. The van der Waals surface area contributed by atoms with E-state index in [1.807, 2.05) is 13.0 Å². The highest BCUT2D eigenvalue weighted by Gasteiger charge is 2.38. The molecule has 2 aromatic rings. The van der Waals surface area contributed by atoms with Gasteiger partial charge in [0.05, 0.1) is 23.5 Å².